The lowest BCUT2D eigenvalue weighted by Gasteiger charge is -2.20. The maximum Gasteiger partial charge on any atom is 0.433 e. The van der Waals surface area contributed by atoms with Crippen LogP contribution in [0.25, 0.3) is 0 Å². The molecule has 7 heteroatoms. The molecule has 104 valence electrons. The van der Waals surface area contributed by atoms with Crippen LogP contribution >= 0.6 is 15.9 Å². The van der Waals surface area contributed by atoms with Crippen LogP contribution in [0.15, 0.2) is 16.5 Å². The molecule has 1 aromatic heterocycles. The van der Waals surface area contributed by atoms with Crippen LogP contribution in [-0.2, 0) is 0 Å². The summed E-state index contributed by atoms with van der Waals surface area (Å²) in [6, 6.07) is 2.56. The van der Waals surface area contributed by atoms with Crippen molar-refractivity contribution in [2.75, 3.05) is 0 Å². The first-order valence-electron chi connectivity index (χ1n) is 6.27. The molecule has 1 aromatic rings. The van der Waals surface area contributed by atoms with Gasteiger partial charge in [0, 0.05) is 10.9 Å². The summed E-state index contributed by atoms with van der Waals surface area (Å²) in [6.07, 6.45) is 5.31. The normalized spacial score (nSPS) is 23.6. The molecule has 2 rings (SSSR count). The topological polar surface area (TPSA) is 85.4 Å². The van der Waals surface area contributed by atoms with Crippen LogP contribution in [0.1, 0.15) is 42.7 Å². The number of carbonyl (C=O) groups is 1. The highest BCUT2D eigenvalue weighted by Gasteiger charge is 2.25. The van der Waals surface area contributed by atoms with Gasteiger partial charge in [0.05, 0.1) is 6.07 Å². The standard InChI is InChI=1S/C12H15BrN2O4/c13-8-4-2-1-3-5-9(8)14-12(16)10-6-7-11(19-10)15(17)18/h6-9H,1-5H2,(H,14,16). The summed E-state index contributed by atoms with van der Waals surface area (Å²) in [7, 11) is 0. The molecule has 19 heavy (non-hydrogen) atoms. The predicted molar refractivity (Wildman–Crippen MR) is 72.4 cm³/mol. The quantitative estimate of drug-likeness (QED) is 0.399. The van der Waals surface area contributed by atoms with Crippen molar-refractivity contribution in [2.45, 2.75) is 43.0 Å². The molecule has 1 aliphatic carbocycles. The Kier molecular flexibility index (Phi) is 4.57. The van der Waals surface area contributed by atoms with E-state index < -0.39 is 16.7 Å². The number of carbonyl (C=O) groups excluding carboxylic acids is 1. The summed E-state index contributed by atoms with van der Waals surface area (Å²) in [5.74, 6) is -0.832. The van der Waals surface area contributed by atoms with Gasteiger partial charge in [-0.15, -0.1) is 0 Å². The Balaban J connectivity index is 2.00. The summed E-state index contributed by atoms with van der Waals surface area (Å²) < 4.78 is 4.89. The van der Waals surface area contributed by atoms with Gasteiger partial charge in [-0.3, -0.25) is 14.9 Å². The highest BCUT2D eigenvalue weighted by atomic mass is 79.9. The van der Waals surface area contributed by atoms with Crippen molar-refractivity contribution in [1.82, 2.24) is 5.32 Å². The van der Waals surface area contributed by atoms with Crippen LogP contribution < -0.4 is 5.32 Å². The van der Waals surface area contributed by atoms with Gasteiger partial charge < -0.3 is 9.73 Å². The second kappa shape index (κ2) is 6.18. The molecule has 1 heterocycles. The summed E-state index contributed by atoms with van der Waals surface area (Å²) in [5, 5.41) is 13.4. The van der Waals surface area contributed by atoms with E-state index in [2.05, 4.69) is 21.2 Å². The Labute approximate surface area is 118 Å². The SMILES string of the molecule is O=C(NC1CCCCCC1Br)c1ccc([N+](=O)[O-])o1. The first-order valence-corrected chi connectivity index (χ1v) is 7.18. The Morgan fingerprint density at radius 3 is 2.79 bits per heavy atom. The summed E-state index contributed by atoms with van der Waals surface area (Å²) >= 11 is 3.58. The van der Waals surface area contributed by atoms with Gasteiger partial charge in [-0.25, -0.2) is 0 Å². The average molecular weight is 331 g/mol. The third-order valence-corrected chi connectivity index (χ3v) is 4.34. The third-order valence-electron chi connectivity index (χ3n) is 3.24. The van der Waals surface area contributed by atoms with Crippen molar-refractivity contribution in [1.29, 1.82) is 0 Å². The van der Waals surface area contributed by atoms with E-state index in [1.54, 1.807) is 0 Å². The minimum absolute atomic E-state index is 0.0179. The predicted octanol–water partition coefficient (Wildman–Crippen LogP) is 3.01. The Morgan fingerprint density at radius 1 is 1.37 bits per heavy atom. The number of halogens is 1. The zero-order chi connectivity index (χ0) is 13.8. The minimum atomic E-state index is -0.657. The van der Waals surface area contributed by atoms with Gasteiger partial charge in [-0.2, -0.15) is 0 Å². The second-order valence-corrected chi connectivity index (χ2v) is 5.81. The molecule has 1 amide bonds. The number of alkyl halides is 1. The van der Waals surface area contributed by atoms with E-state index in [0.29, 0.717) is 0 Å². The minimum Gasteiger partial charge on any atom is -0.395 e. The Hall–Kier alpha value is -1.37. The number of furan rings is 1. The lowest BCUT2D eigenvalue weighted by atomic mass is 10.1. The summed E-state index contributed by atoms with van der Waals surface area (Å²) in [6.45, 7) is 0. The molecule has 0 bridgehead atoms. The van der Waals surface area contributed by atoms with E-state index >= 15 is 0 Å². The molecule has 1 N–H and O–H groups in total. The number of amides is 1. The van der Waals surface area contributed by atoms with Crippen molar-refractivity contribution < 1.29 is 14.1 Å². The van der Waals surface area contributed by atoms with Gasteiger partial charge in [0.2, 0.25) is 0 Å². The van der Waals surface area contributed by atoms with Crippen LogP contribution in [0.5, 0.6) is 0 Å². The van der Waals surface area contributed by atoms with Gasteiger partial charge in [-0.05, 0) is 18.9 Å². The first kappa shape index (κ1) is 14.0. The molecular formula is C12H15BrN2O4. The fraction of sp³-hybridized carbons (Fsp3) is 0.583. The Bertz CT molecular complexity index is 474. The van der Waals surface area contributed by atoms with Crippen LogP contribution in [0.4, 0.5) is 5.88 Å². The van der Waals surface area contributed by atoms with E-state index in [-0.39, 0.29) is 16.6 Å². The number of hydrogen-bond acceptors (Lipinski definition) is 4. The molecule has 0 spiro atoms. The van der Waals surface area contributed by atoms with Crippen molar-refractivity contribution in [3.63, 3.8) is 0 Å². The van der Waals surface area contributed by atoms with Gasteiger partial charge >= 0.3 is 5.88 Å². The van der Waals surface area contributed by atoms with Crippen LogP contribution in [0, 0.1) is 10.1 Å². The van der Waals surface area contributed by atoms with E-state index in [1.807, 2.05) is 0 Å². The molecule has 2 atom stereocenters. The average Bonchev–Trinajstić information content (AvgIpc) is 2.78. The lowest BCUT2D eigenvalue weighted by Crippen LogP contribution is -2.40. The highest BCUT2D eigenvalue weighted by Crippen LogP contribution is 2.24. The smallest absolute Gasteiger partial charge is 0.395 e. The zero-order valence-corrected chi connectivity index (χ0v) is 11.9. The van der Waals surface area contributed by atoms with Crippen molar-refractivity contribution >= 4 is 27.7 Å². The molecule has 2 unspecified atom stereocenters. The highest BCUT2D eigenvalue weighted by molar-refractivity contribution is 9.09. The number of nitro groups is 1. The van der Waals surface area contributed by atoms with Crippen molar-refractivity contribution in [3.05, 3.63) is 28.0 Å². The Morgan fingerprint density at radius 2 is 2.11 bits per heavy atom. The molecule has 1 aliphatic rings. The van der Waals surface area contributed by atoms with Gasteiger partial charge in [-0.1, -0.05) is 35.2 Å². The fourth-order valence-corrected chi connectivity index (χ4v) is 2.93. The third kappa shape index (κ3) is 3.56. The number of rotatable bonds is 3. The van der Waals surface area contributed by atoms with Gasteiger partial charge in [0.1, 0.15) is 4.92 Å². The molecule has 0 aromatic carbocycles. The number of nitrogens with one attached hydrogen (secondary N) is 1. The van der Waals surface area contributed by atoms with Crippen LogP contribution in [0.3, 0.4) is 0 Å². The van der Waals surface area contributed by atoms with E-state index in [0.717, 1.165) is 25.7 Å². The van der Waals surface area contributed by atoms with Crippen molar-refractivity contribution in [2.24, 2.45) is 0 Å². The summed E-state index contributed by atoms with van der Waals surface area (Å²) in [4.78, 5) is 22.0. The molecule has 6 nitrogen and oxygen atoms in total. The largest absolute Gasteiger partial charge is 0.433 e. The molecule has 0 aliphatic heterocycles. The zero-order valence-electron chi connectivity index (χ0n) is 10.3. The van der Waals surface area contributed by atoms with E-state index in [9.17, 15) is 14.9 Å². The van der Waals surface area contributed by atoms with Crippen LogP contribution in [0.2, 0.25) is 0 Å². The fourth-order valence-electron chi connectivity index (χ4n) is 2.21. The molecule has 1 saturated carbocycles. The monoisotopic (exact) mass is 330 g/mol. The van der Waals surface area contributed by atoms with Crippen molar-refractivity contribution in [3.8, 4) is 0 Å². The number of hydrogen-bond donors (Lipinski definition) is 1. The maximum absolute atomic E-state index is 12.0. The van der Waals surface area contributed by atoms with Gasteiger partial charge in [0.25, 0.3) is 5.91 Å². The maximum atomic E-state index is 12.0. The van der Waals surface area contributed by atoms with E-state index in [1.165, 1.54) is 18.6 Å². The summed E-state index contributed by atoms with van der Waals surface area (Å²) in [5.41, 5.74) is 0. The molecule has 0 saturated heterocycles. The first-order chi connectivity index (χ1) is 9.08. The van der Waals surface area contributed by atoms with Gasteiger partial charge in [0.15, 0.2) is 5.76 Å². The number of nitrogens with zero attached hydrogens (tertiary/aromatic N) is 1. The second-order valence-electron chi connectivity index (χ2n) is 4.63. The molecule has 0 radical (unpaired) electrons. The lowest BCUT2D eigenvalue weighted by molar-refractivity contribution is -0.402. The molecular weight excluding hydrogens is 316 g/mol. The van der Waals surface area contributed by atoms with E-state index in [4.69, 9.17) is 4.42 Å². The molecule has 1 fully saturated rings. The van der Waals surface area contributed by atoms with Crippen LogP contribution in [-0.4, -0.2) is 21.7 Å².